The minimum Gasteiger partial charge on any atom is -0.497 e. The number of benzene rings is 2. The SMILES string of the molecule is COc1ccc(OC)c(C2SCCN2C(=O)Cn2cnc3ccccc32)c1. The third-order valence-corrected chi connectivity index (χ3v) is 5.99. The average molecular weight is 383 g/mol. The lowest BCUT2D eigenvalue weighted by atomic mass is 10.1. The minimum absolute atomic E-state index is 0.0676. The van der Waals surface area contributed by atoms with Gasteiger partial charge in [-0.25, -0.2) is 4.98 Å². The zero-order chi connectivity index (χ0) is 18.8. The molecule has 0 N–H and O–H groups in total. The molecule has 1 unspecified atom stereocenters. The number of methoxy groups -OCH3 is 2. The van der Waals surface area contributed by atoms with Crippen molar-refractivity contribution in [1.29, 1.82) is 0 Å². The summed E-state index contributed by atoms with van der Waals surface area (Å²) >= 11 is 1.74. The molecule has 1 aromatic heterocycles. The molecule has 1 amide bonds. The maximum atomic E-state index is 13.1. The summed E-state index contributed by atoms with van der Waals surface area (Å²) in [4.78, 5) is 19.4. The van der Waals surface area contributed by atoms with E-state index in [-0.39, 0.29) is 17.8 Å². The number of aromatic nitrogens is 2. The maximum absolute atomic E-state index is 13.1. The number of carbonyl (C=O) groups excluding carboxylic acids is 1. The van der Waals surface area contributed by atoms with Gasteiger partial charge in [-0.15, -0.1) is 11.8 Å². The third kappa shape index (κ3) is 3.35. The van der Waals surface area contributed by atoms with Crippen LogP contribution in [0.1, 0.15) is 10.9 Å². The Hall–Kier alpha value is -2.67. The van der Waals surface area contributed by atoms with Crippen LogP contribution in [0.2, 0.25) is 0 Å². The second-order valence-electron chi connectivity index (χ2n) is 6.28. The van der Waals surface area contributed by atoms with Crippen LogP contribution in [0.5, 0.6) is 11.5 Å². The number of hydrogen-bond acceptors (Lipinski definition) is 5. The van der Waals surface area contributed by atoms with Gasteiger partial charge in [-0.1, -0.05) is 12.1 Å². The number of hydrogen-bond donors (Lipinski definition) is 0. The van der Waals surface area contributed by atoms with Crippen LogP contribution >= 0.6 is 11.8 Å². The fourth-order valence-corrected chi connectivity index (χ4v) is 4.68. The van der Waals surface area contributed by atoms with Gasteiger partial charge in [0.15, 0.2) is 0 Å². The lowest BCUT2D eigenvalue weighted by Gasteiger charge is -2.26. The highest BCUT2D eigenvalue weighted by Crippen LogP contribution is 2.43. The van der Waals surface area contributed by atoms with Crippen molar-refractivity contribution in [1.82, 2.24) is 14.5 Å². The smallest absolute Gasteiger partial charge is 0.243 e. The number of ether oxygens (including phenoxy) is 2. The number of nitrogens with zero attached hydrogens (tertiary/aromatic N) is 3. The van der Waals surface area contributed by atoms with Crippen molar-refractivity contribution < 1.29 is 14.3 Å². The maximum Gasteiger partial charge on any atom is 0.243 e. The summed E-state index contributed by atoms with van der Waals surface area (Å²) in [5.41, 5.74) is 2.82. The fraction of sp³-hybridized carbons (Fsp3) is 0.300. The van der Waals surface area contributed by atoms with Crippen LogP contribution in [0.3, 0.4) is 0 Å². The van der Waals surface area contributed by atoms with Gasteiger partial charge in [0.25, 0.3) is 0 Å². The first kappa shape index (κ1) is 17.7. The van der Waals surface area contributed by atoms with E-state index in [4.69, 9.17) is 9.47 Å². The summed E-state index contributed by atoms with van der Waals surface area (Å²) in [6, 6.07) is 13.5. The molecule has 0 aliphatic carbocycles. The quantitative estimate of drug-likeness (QED) is 0.676. The molecule has 7 heteroatoms. The second-order valence-corrected chi connectivity index (χ2v) is 7.47. The van der Waals surface area contributed by atoms with E-state index < -0.39 is 0 Å². The van der Waals surface area contributed by atoms with E-state index in [1.165, 1.54) is 0 Å². The van der Waals surface area contributed by atoms with Gasteiger partial charge >= 0.3 is 0 Å². The molecule has 0 saturated carbocycles. The van der Waals surface area contributed by atoms with Gasteiger partial charge in [0.2, 0.25) is 5.91 Å². The molecule has 1 aliphatic rings. The van der Waals surface area contributed by atoms with Crippen molar-refractivity contribution in [3.05, 3.63) is 54.4 Å². The Labute approximate surface area is 162 Å². The molecule has 140 valence electrons. The van der Waals surface area contributed by atoms with Gasteiger partial charge in [0, 0.05) is 17.9 Å². The van der Waals surface area contributed by atoms with Crippen molar-refractivity contribution in [2.24, 2.45) is 0 Å². The third-order valence-electron chi connectivity index (χ3n) is 4.75. The molecule has 1 atom stereocenters. The molecule has 4 rings (SSSR count). The number of para-hydroxylation sites is 2. The standard InChI is InChI=1S/C20H21N3O3S/c1-25-14-7-8-18(26-2)15(11-14)20-23(9-10-27-20)19(24)12-22-13-21-16-5-3-4-6-17(16)22/h3-8,11,13,20H,9-10,12H2,1-2H3. The second kappa shape index (κ2) is 7.52. The Morgan fingerprint density at radius 3 is 2.89 bits per heavy atom. The molecule has 0 bridgehead atoms. The van der Waals surface area contributed by atoms with Gasteiger partial charge in [0.05, 0.1) is 31.6 Å². The Bertz CT molecular complexity index is 972. The molecule has 27 heavy (non-hydrogen) atoms. The first-order chi connectivity index (χ1) is 13.2. The van der Waals surface area contributed by atoms with Crippen LogP contribution in [0.25, 0.3) is 11.0 Å². The molecule has 1 saturated heterocycles. The largest absolute Gasteiger partial charge is 0.497 e. The van der Waals surface area contributed by atoms with Crippen molar-refractivity contribution in [3.8, 4) is 11.5 Å². The fourth-order valence-electron chi connectivity index (χ4n) is 3.39. The Morgan fingerprint density at radius 1 is 1.22 bits per heavy atom. The van der Waals surface area contributed by atoms with Crippen LogP contribution in [0.15, 0.2) is 48.8 Å². The van der Waals surface area contributed by atoms with Gasteiger partial charge in [-0.05, 0) is 30.3 Å². The lowest BCUT2D eigenvalue weighted by molar-refractivity contribution is -0.131. The molecule has 3 aromatic rings. The van der Waals surface area contributed by atoms with Crippen LogP contribution in [0, 0.1) is 0 Å². The highest BCUT2D eigenvalue weighted by atomic mass is 32.2. The van der Waals surface area contributed by atoms with E-state index in [1.54, 1.807) is 32.3 Å². The number of imidazole rings is 1. The number of rotatable bonds is 5. The van der Waals surface area contributed by atoms with Gasteiger partial charge in [-0.3, -0.25) is 4.79 Å². The number of carbonyl (C=O) groups is 1. The van der Waals surface area contributed by atoms with Crippen LogP contribution in [-0.4, -0.2) is 46.9 Å². The van der Waals surface area contributed by atoms with Crippen molar-refractivity contribution in [3.63, 3.8) is 0 Å². The van der Waals surface area contributed by atoms with E-state index in [9.17, 15) is 4.79 Å². The normalized spacial score (nSPS) is 16.7. The topological polar surface area (TPSA) is 56.6 Å². The van der Waals surface area contributed by atoms with Gasteiger partial charge in [0.1, 0.15) is 23.4 Å². The number of amides is 1. The minimum atomic E-state index is -0.0858. The zero-order valence-corrected chi connectivity index (χ0v) is 16.1. The molecule has 0 spiro atoms. The van der Waals surface area contributed by atoms with E-state index in [1.807, 2.05) is 51.9 Å². The molecule has 2 heterocycles. The van der Waals surface area contributed by atoms with E-state index in [2.05, 4.69) is 4.98 Å². The van der Waals surface area contributed by atoms with Gasteiger partial charge < -0.3 is 18.9 Å². The lowest BCUT2D eigenvalue weighted by Crippen LogP contribution is -2.33. The van der Waals surface area contributed by atoms with E-state index in [0.717, 1.165) is 33.8 Å². The van der Waals surface area contributed by atoms with Crippen LogP contribution in [-0.2, 0) is 11.3 Å². The average Bonchev–Trinajstić information content (AvgIpc) is 3.35. The molecule has 1 fully saturated rings. The molecular formula is C20H21N3O3S. The number of fused-ring (bicyclic) bond motifs is 1. The summed E-state index contributed by atoms with van der Waals surface area (Å²) in [7, 11) is 3.29. The summed E-state index contributed by atoms with van der Waals surface area (Å²) < 4.78 is 12.8. The van der Waals surface area contributed by atoms with E-state index >= 15 is 0 Å². The van der Waals surface area contributed by atoms with Crippen LogP contribution in [0.4, 0.5) is 0 Å². The van der Waals surface area contributed by atoms with Gasteiger partial charge in [-0.2, -0.15) is 0 Å². The zero-order valence-electron chi connectivity index (χ0n) is 15.3. The summed E-state index contributed by atoms with van der Waals surface area (Å²) in [6.07, 6.45) is 1.73. The Morgan fingerprint density at radius 2 is 2.07 bits per heavy atom. The van der Waals surface area contributed by atoms with Crippen molar-refractivity contribution >= 4 is 28.7 Å². The number of thioether (sulfide) groups is 1. The van der Waals surface area contributed by atoms with E-state index in [0.29, 0.717) is 6.54 Å². The summed E-state index contributed by atoms with van der Waals surface area (Å²) in [5.74, 6) is 2.48. The van der Waals surface area contributed by atoms with Crippen LogP contribution < -0.4 is 9.47 Å². The molecule has 6 nitrogen and oxygen atoms in total. The molecule has 2 aromatic carbocycles. The summed E-state index contributed by atoms with van der Waals surface area (Å²) in [5, 5.41) is -0.0858. The Kier molecular flexibility index (Phi) is 4.94. The molecule has 1 aliphatic heterocycles. The molecular weight excluding hydrogens is 362 g/mol. The Balaban J connectivity index is 1.60. The summed E-state index contributed by atoms with van der Waals surface area (Å²) in [6.45, 7) is 0.977. The molecule has 0 radical (unpaired) electrons. The van der Waals surface area contributed by atoms with Crippen molar-refractivity contribution in [2.45, 2.75) is 11.9 Å². The van der Waals surface area contributed by atoms with Crippen molar-refractivity contribution in [2.75, 3.05) is 26.5 Å². The first-order valence-electron chi connectivity index (χ1n) is 8.74. The highest BCUT2D eigenvalue weighted by molar-refractivity contribution is 7.99. The first-order valence-corrected chi connectivity index (χ1v) is 9.79. The predicted molar refractivity (Wildman–Crippen MR) is 106 cm³/mol. The highest BCUT2D eigenvalue weighted by Gasteiger charge is 2.33. The monoisotopic (exact) mass is 383 g/mol. The predicted octanol–water partition coefficient (Wildman–Crippen LogP) is 3.33.